The largest absolute Gasteiger partial charge is 0.291 e. The van der Waals surface area contributed by atoms with Gasteiger partial charge in [0.2, 0.25) is 15.0 Å². The zero-order chi connectivity index (χ0) is 17.0. The second-order valence-electron chi connectivity index (χ2n) is 5.47. The number of aryl methyl sites for hydroxylation is 1. The van der Waals surface area contributed by atoms with E-state index in [0.717, 1.165) is 5.56 Å². The molecule has 1 aromatic heterocycles. The first-order valence-corrected chi connectivity index (χ1v) is 9.27. The van der Waals surface area contributed by atoms with E-state index in [0.29, 0.717) is 18.5 Å². The zero-order valence-electron chi connectivity index (χ0n) is 13.0. The van der Waals surface area contributed by atoms with E-state index in [1.165, 1.54) is 35.2 Å². The Morgan fingerprint density at radius 1 is 1.04 bits per heavy atom. The Balaban J connectivity index is 1.77. The molecule has 0 fully saturated rings. The molecular formula is C18H17FN2O2S. The Kier molecular flexibility index (Phi) is 4.76. The molecule has 0 radical (unpaired) electrons. The van der Waals surface area contributed by atoms with Crippen molar-refractivity contribution in [2.24, 2.45) is 0 Å². The van der Waals surface area contributed by atoms with Crippen molar-refractivity contribution in [3.8, 4) is 5.69 Å². The van der Waals surface area contributed by atoms with Crippen molar-refractivity contribution >= 4 is 9.84 Å². The molecule has 0 saturated heterocycles. The second kappa shape index (κ2) is 6.97. The predicted molar refractivity (Wildman–Crippen MR) is 90.3 cm³/mol. The highest BCUT2D eigenvalue weighted by molar-refractivity contribution is 7.91. The van der Waals surface area contributed by atoms with Crippen molar-refractivity contribution in [3.05, 3.63) is 78.4 Å². The molecule has 0 N–H and O–H groups in total. The van der Waals surface area contributed by atoms with Gasteiger partial charge < -0.3 is 0 Å². The van der Waals surface area contributed by atoms with Crippen molar-refractivity contribution in [3.63, 3.8) is 0 Å². The van der Waals surface area contributed by atoms with Gasteiger partial charge in [-0.1, -0.05) is 36.4 Å². The molecule has 4 nitrogen and oxygen atoms in total. The Bertz CT molecular complexity index is 921. The summed E-state index contributed by atoms with van der Waals surface area (Å²) in [7, 11) is -3.55. The lowest BCUT2D eigenvalue weighted by Crippen LogP contribution is -2.14. The van der Waals surface area contributed by atoms with E-state index in [-0.39, 0.29) is 10.9 Å². The van der Waals surface area contributed by atoms with Crippen molar-refractivity contribution in [1.82, 2.24) is 9.55 Å². The summed E-state index contributed by atoms with van der Waals surface area (Å²) in [5, 5.41) is -0.0545. The summed E-state index contributed by atoms with van der Waals surface area (Å²) in [5.41, 5.74) is 1.54. The molecule has 0 amide bonds. The van der Waals surface area contributed by atoms with Crippen LogP contribution in [-0.2, 0) is 16.3 Å². The molecular weight excluding hydrogens is 327 g/mol. The fourth-order valence-corrected chi connectivity index (χ4v) is 3.94. The quantitative estimate of drug-likeness (QED) is 0.688. The normalized spacial score (nSPS) is 11.5. The fourth-order valence-electron chi connectivity index (χ4n) is 2.54. The molecule has 124 valence electrons. The van der Waals surface area contributed by atoms with Crippen molar-refractivity contribution in [2.75, 3.05) is 5.75 Å². The summed E-state index contributed by atoms with van der Waals surface area (Å²) in [6, 6.07) is 15.5. The van der Waals surface area contributed by atoms with Gasteiger partial charge in [0, 0.05) is 12.4 Å². The predicted octanol–water partition coefficient (Wildman–Crippen LogP) is 3.42. The second-order valence-corrected chi connectivity index (χ2v) is 7.47. The molecule has 0 spiro atoms. The van der Waals surface area contributed by atoms with Crippen LogP contribution in [0.1, 0.15) is 12.0 Å². The van der Waals surface area contributed by atoms with Gasteiger partial charge in [-0.05, 0) is 36.6 Å². The Hall–Kier alpha value is -2.47. The maximum absolute atomic E-state index is 13.4. The standard InChI is InChI=1S/C18H17FN2O2S/c19-16-9-4-10-17(14-16)21-12-11-20-18(21)24(22,23)13-5-8-15-6-2-1-3-7-15/h1-4,6-7,9-12,14H,5,8,13H2. The highest BCUT2D eigenvalue weighted by Crippen LogP contribution is 2.18. The minimum absolute atomic E-state index is 0.00573. The van der Waals surface area contributed by atoms with E-state index in [2.05, 4.69) is 4.98 Å². The third-order valence-electron chi connectivity index (χ3n) is 3.69. The molecule has 24 heavy (non-hydrogen) atoms. The van der Waals surface area contributed by atoms with E-state index in [4.69, 9.17) is 0 Å². The van der Waals surface area contributed by atoms with Crippen LogP contribution in [0.4, 0.5) is 4.39 Å². The smallest absolute Gasteiger partial charge is 0.232 e. The summed E-state index contributed by atoms with van der Waals surface area (Å²) in [4.78, 5) is 3.97. The molecule has 3 rings (SSSR count). The van der Waals surface area contributed by atoms with Gasteiger partial charge in [0.15, 0.2) is 0 Å². The van der Waals surface area contributed by atoms with Crippen molar-refractivity contribution in [1.29, 1.82) is 0 Å². The highest BCUT2D eigenvalue weighted by atomic mass is 32.2. The van der Waals surface area contributed by atoms with Crippen molar-refractivity contribution < 1.29 is 12.8 Å². The Morgan fingerprint density at radius 3 is 2.58 bits per heavy atom. The summed E-state index contributed by atoms with van der Waals surface area (Å²) >= 11 is 0. The first-order chi connectivity index (χ1) is 11.6. The third kappa shape index (κ3) is 3.71. The Labute approximate surface area is 140 Å². The molecule has 0 aliphatic heterocycles. The minimum Gasteiger partial charge on any atom is -0.291 e. The number of halogens is 1. The molecule has 3 aromatic rings. The zero-order valence-corrected chi connectivity index (χ0v) is 13.8. The lowest BCUT2D eigenvalue weighted by Gasteiger charge is -2.09. The molecule has 0 bridgehead atoms. The molecule has 0 aliphatic rings. The van der Waals surface area contributed by atoms with Crippen LogP contribution in [0.2, 0.25) is 0 Å². The third-order valence-corrected chi connectivity index (χ3v) is 5.38. The van der Waals surface area contributed by atoms with Crippen LogP contribution in [-0.4, -0.2) is 23.7 Å². The van der Waals surface area contributed by atoms with Gasteiger partial charge in [-0.25, -0.2) is 17.8 Å². The average Bonchev–Trinajstić information content (AvgIpc) is 3.06. The van der Waals surface area contributed by atoms with Crippen LogP contribution in [0.3, 0.4) is 0 Å². The highest BCUT2D eigenvalue weighted by Gasteiger charge is 2.21. The van der Waals surface area contributed by atoms with Crippen LogP contribution < -0.4 is 0 Å². The van der Waals surface area contributed by atoms with Crippen molar-refractivity contribution in [2.45, 2.75) is 18.0 Å². The first-order valence-electron chi connectivity index (χ1n) is 7.62. The first kappa shape index (κ1) is 16.4. The summed E-state index contributed by atoms with van der Waals surface area (Å²) < 4.78 is 40.0. The number of hydrogen-bond donors (Lipinski definition) is 0. The van der Waals surface area contributed by atoms with E-state index in [1.807, 2.05) is 30.3 Å². The average molecular weight is 344 g/mol. The van der Waals surface area contributed by atoms with Crippen LogP contribution >= 0.6 is 0 Å². The molecule has 6 heteroatoms. The number of rotatable bonds is 6. The molecule has 0 unspecified atom stereocenters. The SMILES string of the molecule is O=S(=O)(CCCc1ccccc1)c1nccn1-c1cccc(F)c1. The lowest BCUT2D eigenvalue weighted by molar-refractivity contribution is 0.580. The molecule has 0 atom stereocenters. The summed E-state index contributed by atoms with van der Waals surface area (Å²) in [6.45, 7) is 0. The van der Waals surface area contributed by atoms with Gasteiger partial charge in [0.25, 0.3) is 0 Å². The van der Waals surface area contributed by atoms with E-state index < -0.39 is 15.7 Å². The maximum Gasteiger partial charge on any atom is 0.232 e. The monoisotopic (exact) mass is 344 g/mol. The topological polar surface area (TPSA) is 52.0 Å². The molecule has 1 heterocycles. The van der Waals surface area contributed by atoms with Crippen LogP contribution in [0.5, 0.6) is 0 Å². The minimum atomic E-state index is -3.55. The van der Waals surface area contributed by atoms with Gasteiger partial charge in [-0.15, -0.1) is 0 Å². The van der Waals surface area contributed by atoms with Gasteiger partial charge in [-0.2, -0.15) is 0 Å². The number of sulfone groups is 1. The van der Waals surface area contributed by atoms with Gasteiger partial charge in [-0.3, -0.25) is 4.57 Å². The van der Waals surface area contributed by atoms with Gasteiger partial charge in [0.1, 0.15) is 5.82 Å². The lowest BCUT2D eigenvalue weighted by atomic mass is 10.1. The summed E-state index contributed by atoms with van der Waals surface area (Å²) in [5.74, 6) is -0.428. The van der Waals surface area contributed by atoms with Crippen LogP contribution in [0.25, 0.3) is 5.69 Å². The number of imidazole rings is 1. The molecule has 0 saturated carbocycles. The van der Waals surface area contributed by atoms with E-state index in [1.54, 1.807) is 6.07 Å². The Morgan fingerprint density at radius 2 is 1.83 bits per heavy atom. The van der Waals surface area contributed by atoms with E-state index >= 15 is 0 Å². The van der Waals surface area contributed by atoms with Gasteiger partial charge >= 0.3 is 0 Å². The number of aromatic nitrogens is 2. The number of hydrogen-bond acceptors (Lipinski definition) is 3. The summed E-state index contributed by atoms with van der Waals surface area (Å²) in [6.07, 6.45) is 4.12. The number of benzene rings is 2. The van der Waals surface area contributed by atoms with Crippen LogP contribution in [0, 0.1) is 5.82 Å². The van der Waals surface area contributed by atoms with E-state index in [9.17, 15) is 12.8 Å². The molecule has 0 aliphatic carbocycles. The van der Waals surface area contributed by atoms with Crippen LogP contribution in [0.15, 0.2) is 72.1 Å². The van der Waals surface area contributed by atoms with Gasteiger partial charge in [0.05, 0.1) is 11.4 Å². The maximum atomic E-state index is 13.4. The number of nitrogens with zero attached hydrogens (tertiary/aromatic N) is 2. The fraction of sp³-hybridized carbons (Fsp3) is 0.167. The molecule has 2 aromatic carbocycles.